The standard InChI is InChI=1S/C27H25N3O3/c1-16-5-8-21(9-6-16)29-25-24(23-14-7-17(2)15-18(23)3)26(32)30(27(25)33)22-12-10-20(11-13-22)28-19(4)31/h5-15,29H,1-4H3,(H,28,31). The molecule has 0 aromatic heterocycles. The van der Waals surface area contributed by atoms with Crippen LogP contribution in [0.2, 0.25) is 0 Å². The minimum absolute atomic E-state index is 0.195. The van der Waals surface area contributed by atoms with Crippen molar-refractivity contribution in [3.63, 3.8) is 0 Å². The molecule has 4 rings (SSSR count). The van der Waals surface area contributed by atoms with E-state index in [-0.39, 0.29) is 11.6 Å². The first-order chi connectivity index (χ1) is 15.7. The number of hydrogen-bond acceptors (Lipinski definition) is 4. The lowest BCUT2D eigenvalue weighted by atomic mass is 9.97. The summed E-state index contributed by atoms with van der Waals surface area (Å²) in [6.45, 7) is 7.33. The highest BCUT2D eigenvalue weighted by molar-refractivity contribution is 6.46. The number of amides is 3. The molecule has 1 heterocycles. The smallest absolute Gasteiger partial charge is 0.282 e. The number of rotatable bonds is 5. The third kappa shape index (κ3) is 4.41. The molecule has 3 amide bonds. The third-order valence-corrected chi connectivity index (χ3v) is 5.50. The van der Waals surface area contributed by atoms with Gasteiger partial charge in [-0.05, 0) is 68.3 Å². The molecule has 3 aromatic carbocycles. The van der Waals surface area contributed by atoms with E-state index in [0.717, 1.165) is 22.4 Å². The molecule has 33 heavy (non-hydrogen) atoms. The number of anilines is 3. The molecule has 0 saturated carbocycles. The molecule has 2 N–H and O–H groups in total. The molecule has 166 valence electrons. The molecule has 0 aliphatic carbocycles. The van der Waals surface area contributed by atoms with E-state index in [9.17, 15) is 14.4 Å². The van der Waals surface area contributed by atoms with Gasteiger partial charge in [-0.1, -0.05) is 41.5 Å². The summed E-state index contributed by atoms with van der Waals surface area (Å²) in [7, 11) is 0. The van der Waals surface area contributed by atoms with E-state index >= 15 is 0 Å². The lowest BCUT2D eigenvalue weighted by Crippen LogP contribution is -2.32. The predicted molar refractivity (Wildman–Crippen MR) is 131 cm³/mol. The second-order valence-electron chi connectivity index (χ2n) is 8.23. The largest absolute Gasteiger partial charge is 0.350 e. The molecule has 3 aromatic rings. The van der Waals surface area contributed by atoms with Gasteiger partial charge >= 0.3 is 0 Å². The first kappa shape index (κ1) is 22.0. The molecule has 6 nitrogen and oxygen atoms in total. The molecule has 0 saturated heterocycles. The Balaban J connectivity index is 1.78. The topological polar surface area (TPSA) is 78.5 Å². The van der Waals surface area contributed by atoms with Crippen molar-refractivity contribution in [3.8, 4) is 0 Å². The normalized spacial score (nSPS) is 13.5. The predicted octanol–water partition coefficient (Wildman–Crippen LogP) is 4.97. The minimum atomic E-state index is -0.428. The minimum Gasteiger partial charge on any atom is -0.350 e. The van der Waals surface area contributed by atoms with Crippen LogP contribution in [0.15, 0.2) is 72.4 Å². The molecule has 0 fully saturated rings. The maximum Gasteiger partial charge on any atom is 0.282 e. The van der Waals surface area contributed by atoms with Gasteiger partial charge in [0, 0.05) is 18.3 Å². The molecule has 0 unspecified atom stereocenters. The zero-order valence-corrected chi connectivity index (χ0v) is 19.0. The lowest BCUT2D eigenvalue weighted by Gasteiger charge is -2.16. The third-order valence-electron chi connectivity index (χ3n) is 5.50. The van der Waals surface area contributed by atoms with E-state index in [1.165, 1.54) is 11.8 Å². The summed E-state index contributed by atoms with van der Waals surface area (Å²) in [5.41, 5.74) is 6.12. The Morgan fingerprint density at radius 1 is 0.758 bits per heavy atom. The summed E-state index contributed by atoms with van der Waals surface area (Å²) in [6, 6.07) is 20.1. The van der Waals surface area contributed by atoms with Gasteiger partial charge in [0.1, 0.15) is 5.70 Å². The van der Waals surface area contributed by atoms with Gasteiger partial charge in [-0.15, -0.1) is 0 Å². The number of nitrogens with zero attached hydrogens (tertiary/aromatic N) is 1. The number of imide groups is 1. The maximum absolute atomic E-state index is 13.6. The molecule has 1 aliphatic heterocycles. The van der Waals surface area contributed by atoms with Gasteiger partial charge in [0.2, 0.25) is 5.91 Å². The van der Waals surface area contributed by atoms with Gasteiger partial charge in [0.25, 0.3) is 11.8 Å². The van der Waals surface area contributed by atoms with E-state index < -0.39 is 11.8 Å². The summed E-state index contributed by atoms with van der Waals surface area (Å²) in [5, 5.41) is 5.87. The number of carbonyl (C=O) groups excluding carboxylic acids is 3. The first-order valence-electron chi connectivity index (χ1n) is 10.7. The monoisotopic (exact) mass is 439 g/mol. The maximum atomic E-state index is 13.6. The van der Waals surface area contributed by atoms with Gasteiger partial charge in [0.15, 0.2) is 0 Å². The number of hydrogen-bond donors (Lipinski definition) is 2. The van der Waals surface area contributed by atoms with Crippen molar-refractivity contribution >= 4 is 40.4 Å². The molecule has 0 radical (unpaired) electrons. The van der Waals surface area contributed by atoms with Crippen molar-refractivity contribution in [1.29, 1.82) is 0 Å². The van der Waals surface area contributed by atoms with Crippen LogP contribution in [0.3, 0.4) is 0 Å². The highest BCUT2D eigenvalue weighted by atomic mass is 16.2. The van der Waals surface area contributed by atoms with Crippen LogP contribution in [-0.4, -0.2) is 17.7 Å². The van der Waals surface area contributed by atoms with Gasteiger partial charge in [-0.2, -0.15) is 0 Å². The molecular formula is C27H25N3O3. The summed E-state index contributed by atoms with van der Waals surface area (Å²) in [4.78, 5) is 39.6. The average Bonchev–Trinajstić information content (AvgIpc) is 3.00. The zero-order valence-electron chi connectivity index (χ0n) is 19.0. The van der Waals surface area contributed by atoms with Crippen LogP contribution in [0, 0.1) is 20.8 Å². The van der Waals surface area contributed by atoms with Crippen LogP contribution < -0.4 is 15.5 Å². The molecule has 0 atom stereocenters. The van der Waals surface area contributed by atoms with E-state index in [4.69, 9.17) is 0 Å². The van der Waals surface area contributed by atoms with E-state index in [2.05, 4.69) is 10.6 Å². The molecule has 6 heteroatoms. The van der Waals surface area contributed by atoms with E-state index in [1.807, 2.05) is 63.2 Å². The van der Waals surface area contributed by atoms with Crippen LogP contribution >= 0.6 is 0 Å². The highest BCUT2D eigenvalue weighted by Gasteiger charge is 2.40. The van der Waals surface area contributed by atoms with Crippen molar-refractivity contribution in [2.24, 2.45) is 0 Å². The zero-order chi connectivity index (χ0) is 23.7. The fraction of sp³-hybridized carbons (Fsp3) is 0.148. The van der Waals surface area contributed by atoms with Crippen molar-refractivity contribution in [1.82, 2.24) is 0 Å². The van der Waals surface area contributed by atoms with Crippen LogP contribution in [0.25, 0.3) is 5.57 Å². The average molecular weight is 440 g/mol. The Morgan fingerprint density at radius 3 is 1.97 bits per heavy atom. The summed E-state index contributed by atoms with van der Waals surface area (Å²) in [5.74, 6) is -1.02. The molecule has 1 aliphatic rings. The second kappa shape index (κ2) is 8.74. The number of benzene rings is 3. The fourth-order valence-corrected chi connectivity index (χ4v) is 3.90. The van der Waals surface area contributed by atoms with Gasteiger partial charge in [0.05, 0.1) is 11.3 Å². The fourth-order valence-electron chi connectivity index (χ4n) is 3.90. The van der Waals surface area contributed by atoms with Gasteiger partial charge in [-0.25, -0.2) is 4.90 Å². The quantitative estimate of drug-likeness (QED) is 0.551. The van der Waals surface area contributed by atoms with Crippen LogP contribution in [0.4, 0.5) is 17.1 Å². The lowest BCUT2D eigenvalue weighted by molar-refractivity contribution is -0.120. The SMILES string of the molecule is CC(=O)Nc1ccc(N2C(=O)C(Nc3ccc(C)cc3)=C(c3ccc(C)cc3C)C2=O)cc1. The van der Waals surface area contributed by atoms with Crippen LogP contribution in [-0.2, 0) is 14.4 Å². The van der Waals surface area contributed by atoms with Crippen molar-refractivity contribution in [3.05, 3.63) is 94.7 Å². The Morgan fingerprint density at radius 2 is 1.36 bits per heavy atom. The Kier molecular flexibility index (Phi) is 5.84. The summed E-state index contributed by atoms with van der Waals surface area (Å²) in [6.07, 6.45) is 0. The van der Waals surface area contributed by atoms with Crippen molar-refractivity contribution in [2.45, 2.75) is 27.7 Å². The van der Waals surface area contributed by atoms with Crippen molar-refractivity contribution < 1.29 is 14.4 Å². The van der Waals surface area contributed by atoms with Gasteiger partial charge < -0.3 is 10.6 Å². The van der Waals surface area contributed by atoms with E-state index in [0.29, 0.717) is 22.5 Å². The Bertz CT molecular complexity index is 1290. The Labute approximate surface area is 192 Å². The summed E-state index contributed by atoms with van der Waals surface area (Å²) < 4.78 is 0. The summed E-state index contributed by atoms with van der Waals surface area (Å²) >= 11 is 0. The number of carbonyl (C=O) groups is 3. The first-order valence-corrected chi connectivity index (χ1v) is 10.7. The highest BCUT2D eigenvalue weighted by Crippen LogP contribution is 2.35. The number of aryl methyl sites for hydroxylation is 3. The number of nitrogens with one attached hydrogen (secondary N) is 2. The second-order valence-corrected chi connectivity index (χ2v) is 8.23. The molecule has 0 spiro atoms. The van der Waals surface area contributed by atoms with Crippen molar-refractivity contribution in [2.75, 3.05) is 15.5 Å². The molecular weight excluding hydrogens is 414 g/mol. The van der Waals surface area contributed by atoms with E-state index in [1.54, 1.807) is 24.3 Å². The molecule has 0 bridgehead atoms. The van der Waals surface area contributed by atoms with Gasteiger partial charge in [-0.3, -0.25) is 14.4 Å². The van der Waals surface area contributed by atoms with Crippen LogP contribution in [0.1, 0.15) is 29.2 Å². The Hall–Kier alpha value is -4.19. The van der Waals surface area contributed by atoms with Crippen LogP contribution in [0.5, 0.6) is 0 Å².